The predicted octanol–water partition coefficient (Wildman–Crippen LogP) is 2.84. The van der Waals surface area contributed by atoms with Gasteiger partial charge in [0.15, 0.2) is 0 Å². The molecule has 0 bridgehead atoms. The molecule has 0 aromatic heterocycles. The fourth-order valence-electron chi connectivity index (χ4n) is 1.09. The molecule has 0 aliphatic heterocycles. The van der Waals surface area contributed by atoms with Gasteiger partial charge in [-0.1, -0.05) is 52.0 Å². The maximum atomic E-state index is 8.64. The van der Waals surface area contributed by atoms with Crippen molar-refractivity contribution in [3.05, 3.63) is 57.5 Å². The lowest BCUT2D eigenvalue weighted by Gasteiger charge is -1.85. The fraction of sp³-hybridized carbons (Fsp3) is 0.250. The van der Waals surface area contributed by atoms with E-state index in [0.717, 1.165) is 0 Å². The molecule has 0 saturated heterocycles. The van der Waals surface area contributed by atoms with Crippen LogP contribution in [0.4, 0.5) is 0 Å². The minimum absolute atomic E-state index is 0.0127. The highest BCUT2D eigenvalue weighted by Gasteiger charge is 2.02. The van der Waals surface area contributed by atoms with Gasteiger partial charge in [0.1, 0.15) is 30.9 Å². The van der Waals surface area contributed by atoms with Crippen LogP contribution in [0.25, 0.3) is 21.1 Å². The largest absolute Gasteiger partial charge is 0.526 e. The molecule has 0 spiro atoms. The van der Waals surface area contributed by atoms with E-state index in [0.29, 0.717) is 10.4 Å². The van der Waals surface area contributed by atoms with Gasteiger partial charge in [-0.15, -0.1) is 0 Å². The van der Waals surface area contributed by atoms with Gasteiger partial charge in [-0.25, -0.2) is 0 Å². The molecular weight excluding hydrogens is 248 g/mol. The smallest absolute Gasteiger partial charge is 0.192 e. The van der Waals surface area contributed by atoms with Crippen LogP contribution in [0.1, 0.15) is 27.7 Å². The molecule has 4 nitrogen and oxygen atoms in total. The van der Waals surface area contributed by atoms with Crippen molar-refractivity contribution in [2.24, 2.45) is 0 Å². The van der Waals surface area contributed by atoms with Crippen LogP contribution in [0.5, 0.6) is 0 Å². The summed E-state index contributed by atoms with van der Waals surface area (Å²) in [7, 11) is 0. The minimum atomic E-state index is -0.0259. The Hall–Kier alpha value is -3.08. The molecule has 1 aromatic carbocycles. The number of hydrogen-bond donors (Lipinski definition) is 0. The summed E-state index contributed by atoms with van der Waals surface area (Å²) in [5, 5.41) is 18.3. The van der Waals surface area contributed by atoms with Crippen LogP contribution in [0.15, 0.2) is 24.3 Å². The number of hydrogen-bond acceptors (Lipinski definition) is 2. The maximum Gasteiger partial charge on any atom is 0.526 e. The summed E-state index contributed by atoms with van der Waals surface area (Å²) < 4.78 is 0. The van der Waals surface area contributed by atoms with Gasteiger partial charge in [-0.2, -0.15) is 20.2 Å². The molecular formula is C16H16N4. The Labute approximate surface area is 120 Å². The quantitative estimate of drug-likeness (QED) is 0.676. The zero-order valence-corrected chi connectivity index (χ0v) is 12.1. The lowest BCUT2D eigenvalue weighted by atomic mass is 10.2. The monoisotopic (exact) mass is 264 g/mol. The second-order valence-corrected chi connectivity index (χ2v) is 2.72. The highest BCUT2D eigenvalue weighted by molar-refractivity contribution is 5.72. The normalized spacial score (nSPS) is 6.80. The van der Waals surface area contributed by atoms with Gasteiger partial charge in [0.05, 0.1) is 5.22 Å². The lowest BCUT2D eigenvalue weighted by Crippen LogP contribution is -2.10. The van der Waals surface area contributed by atoms with Crippen molar-refractivity contribution in [3.63, 3.8) is 0 Å². The van der Waals surface area contributed by atoms with Crippen molar-refractivity contribution >= 4 is 11.4 Å². The Bertz CT molecular complexity index is 583. The fourth-order valence-corrected chi connectivity index (χ4v) is 1.09. The Kier molecular flexibility index (Phi) is 11.9. The summed E-state index contributed by atoms with van der Waals surface area (Å²) in [6, 6.07) is 9.75. The third-order valence-corrected chi connectivity index (χ3v) is 1.87. The predicted molar refractivity (Wildman–Crippen MR) is 79.6 cm³/mol. The van der Waals surface area contributed by atoms with Crippen molar-refractivity contribution in [2.45, 2.75) is 27.7 Å². The van der Waals surface area contributed by atoms with E-state index in [2.05, 4.69) is 9.69 Å². The van der Waals surface area contributed by atoms with E-state index in [-0.39, 0.29) is 11.4 Å². The average Bonchev–Trinajstić information content (AvgIpc) is 2.55. The standard InChI is InChI=1S/C12H4N4.2C2H6/c1-15-12(16-2)10-5-3-9(4-6-10)11(7-13)8-14;2*1-2/h3-6H;2*1-2H3. The van der Waals surface area contributed by atoms with Crippen LogP contribution in [-0.2, 0) is 0 Å². The summed E-state index contributed by atoms with van der Waals surface area (Å²) in [5.41, 5.74) is 0.0127. The molecule has 0 atom stereocenters. The first-order valence-electron chi connectivity index (χ1n) is 6.16. The molecule has 4 heteroatoms. The van der Waals surface area contributed by atoms with Crippen molar-refractivity contribution in [2.75, 3.05) is 0 Å². The molecule has 0 heterocycles. The van der Waals surface area contributed by atoms with E-state index >= 15 is 0 Å². The molecule has 20 heavy (non-hydrogen) atoms. The second-order valence-electron chi connectivity index (χ2n) is 2.72. The maximum absolute atomic E-state index is 8.64. The van der Waals surface area contributed by atoms with Gasteiger partial charge in [0.25, 0.3) is 0 Å². The zero-order chi connectivity index (χ0) is 16.0. The van der Waals surface area contributed by atoms with E-state index in [4.69, 9.17) is 23.7 Å². The number of nitrogens with zero attached hydrogens (tertiary/aromatic N) is 4. The molecule has 0 aliphatic rings. The zero-order valence-electron chi connectivity index (χ0n) is 12.1. The molecule has 0 saturated carbocycles. The van der Waals surface area contributed by atoms with Gasteiger partial charge >= 0.3 is 5.82 Å². The van der Waals surface area contributed by atoms with Gasteiger partial charge in [-0.05, 0) is 0 Å². The number of rotatable bonds is 0. The SMILES string of the molecule is CC.CC.[C-]#[N+]C([N+]#[C-])=c1ccc(=C(C#N)C#N)cc1. The first kappa shape index (κ1) is 19.3. The molecule has 1 aromatic rings. The summed E-state index contributed by atoms with van der Waals surface area (Å²) >= 11 is 0. The Morgan fingerprint density at radius 2 is 1.20 bits per heavy atom. The topological polar surface area (TPSA) is 56.3 Å². The van der Waals surface area contributed by atoms with Crippen molar-refractivity contribution in [1.29, 1.82) is 10.5 Å². The van der Waals surface area contributed by atoms with E-state index in [1.54, 1.807) is 36.4 Å². The molecule has 0 amide bonds. The highest BCUT2D eigenvalue weighted by atomic mass is 14.9. The van der Waals surface area contributed by atoms with E-state index < -0.39 is 0 Å². The van der Waals surface area contributed by atoms with Crippen LogP contribution in [0.3, 0.4) is 0 Å². The average molecular weight is 264 g/mol. The van der Waals surface area contributed by atoms with E-state index in [1.807, 2.05) is 27.7 Å². The summed E-state index contributed by atoms with van der Waals surface area (Å²) in [6.07, 6.45) is 0. The second kappa shape index (κ2) is 12.4. The Morgan fingerprint density at radius 1 is 0.850 bits per heavy atom. The Balaban J connectivity index is 0. The van der Waals surface area contributed by atoms with E-state index in [1.165, 1.54) is 0 Å². The third-order valence-electron chi connectivity index (χ3n) is 1.87. The van der Waals surface area contributed by atoms with Crippen molar-refractivity contribution < 1.29 is 0 Å². The molecule has 0 unspecified atom stereocenters. The number of benzene rings is 1. The van der Waals surface area contributed by atoms with Crippen LogP contribution in [0, 0.1) is 35.8 Å². The van der Waals surface area contributed by atoms with Crippen LogP contribution in [-0.4, -0.2) is 0 Å². The van der Waals surface area contributed by atoms with Gasteiger partial charge in [-0.3, -0.25) is 0 Å². The minimum Gasteiger partial charge on any atom is -0.192 e. The number of nitriles is 2. The van der Waals surface area contributed by atoms with Crippen molar-refractivity contribution in [1.82, 2.24) is 0 Å². The third kappa shape index (κ3) is 5.50. The summed E-state index contributed by atoms with van der Waals surface area (Å²) in [6.45, 7) is 21.5. The van der Waals surface area contributed by atoms with Crippen LogP contribution < -0.4 is 10.4 Å². The summed E-state index contributed by atoms with van der Waals surface area (Å²) in [4.78, 5) is 6.13. The van der Waals surface area contributed by atoms with Crippen LogP contribution in [0.2, 0.25) is 0 Å². The molecule has 100 valence electrons. The first-order valence-corrected chi connectivity index (χ1v) is 6.16. The highest BCUT2D eigenvalue weighted by Crippen LogP contribution is 1.95. The molecule has 1 rings (SSSR count). The van der Waals surface area contributed by atoms with Gasteiger partial charge in [0.2, 0.25) is 0 Å². The van der Waals surface area contributed by atoms with E-state index in [9.17, 15) is 0 Å². The molecule has 0 fully saturated rings. The Morgan fingerprint density at radius 3 is 1.50 bits per heavy atom. The van der Waals surface area contributed by atoms with Gasteiger partial charge in [0, 0.05) is 5.22 Å². The molecule has 0 radical (unpaired) electrons. The van der Waals surface area contributed by atoms with Gasteiger partial charge < -0.3 is 0 Å². The summed E-state index contributed by atoms with van der Waals surface area (Å²) in [5.74, 6) is -0.0259. The molecule has 0 aliphatic carbocycles. The van der Waals surface area contributed by atoms with Crippen LogP contribution >= 0.6 is 0 Å². The lowest BCUT2D eigenvalue weighted by molar-refractivity contribution is 1.47. The van der Waals surface area contributed by atoms with Crippen molar-refractivity contribution in [3.8, 4) is 12.1 Å². The first-order chi connectivity index (χ1) is 9.76. The molecule has 0 N–H and O–H groups in total.